The van der Waals surface area contributed by atoms with Gasteiger partial charge in [-0.1, -0.05) is 43.2 Å². The van der Waals surface area contributed by atoms with Crippen LogP contribution >= 0.6 is 0 Å². The Hall–Kier alpha value is -2.36. The van der Waals surface area contributed by atoms with Crippen molar-refractivity contribution < 1.29 is 19.1 Å². The molecule has 1 aliphatic carbocycles. The molecule has 27 heavy (non-hydrogen) atoms. The number of hydrogen-bond acceptors (Lipinski definition) is 4. The molecule has 0 heterocycles. The van der Waals surface area contributed by atoms with Crippen molar-refractivity contribution >= 4 is 11.9 Å². The highest BCUT2D eigenvalue weighted by molar-refractivity contribution is 5.96. The summed E-state index contributed by atoms with van der Waals surface area (Å²) in [7, 11) is 2.62. The van der Waals surface area contributed by atoms with E-state index in [1.54, 1.807) is 13.0 Å². The van der Waals surface area contributed by atoms with E-state index >= 15 is 0 Å². The van der Waals surface area contributed by atoms with Crippen LogP contribution in [0.2, 0.25) is 0 Å². The second-order valence-electron chi connectivity index (χ2n) is 7.60. The van der Waals surface area contributed by atoms with Gasteiger partial charge in [-0.15, -0.1) is 0 Å². The van der Waals surface area contributed by atoms with Crippen molar-refractivity contribution in [2.24, 2.45) is 5.41 Å². The molecule has 148 valence electrons. The molecule has 4 heteroatoms. The molecule has 0 amide bonds. The predicted octanol–water partition coefficient (Wildman–Crippen LogP) is 5.23. The van der Waals surface area contributed by atoms with Gasteiger partial charge < -0.3 is 9.47 Å². The predicted molar refractivity (Wildman–Crippen MR) is 109 cm³/mol. The number of hydrogen-bond donors (Lipinski definition) is 0. The Labute approximate surface area is 163 Å². The molecule has 4 nitrogen and oxygen atoms in total. The Balaban J connectivity index is 3.12. The number of rotatable bonds is 6. The zero-order valence-electron chi connectivity index (χ0n) is 17.6. The van der Waals surface area contributed by atoms with Crippen LogP contribution in [0.5, 0.6) is 0 Å². The van der Waals surface area contributed by atoms with E-state index in [1.807, 2.05) is 13.0 Å². The number of methoxy groups -OCH3 is 2. The zero-order chi connectivity index (χ0) is 20.6. The maximum absolute atomic E-state index is 12.0. The minimum absolute atomic E-state index is 0.186. The second-order valence-corrected chi connectivity index (χ2v) is 7.60. The van der Waals surface area contributed by atoms with Crippen LogP contribution in [0.15, 0.2) is 58.2 Å². The molecule has 0 spiro atoms. The highest BCUT2D eigenvalue weighted by atomic mass is 16.5. The molecule has 0 fully saturated rings. The lowest BCUT2D eigenvalue weighted by Gasteiger charge is -2.32. The van der Waals surface area contributed by atoms with E-state index in [1.165, 1.54) is 44.3 Å². The van der Waals surface area contributed by atoms with Crippen molar-refractivity contribution in [3.63, 3.8) is 0 Å². The monoisotopic (exact) mass is 372 g/mol. The van der Waals surface area contributed by atoms with E-state index < -0.39 is 11.9 Å². The first-order chi connectivity index (χ1) is 12.6. The molecule has 0 aromatic rings. The molecule has 0 aromatic heterocycles. The van der Waals surface area contributed by atoms with Crippen LogP contribution in [0.4, 0.5) is 0 Å². The Bertz CT molecular complexity index is 727. The summed E-state index contributed by atoms with van der Waals surface area (Å²) in [6, 6.07) is 0. The van der Waals surface area contributed by atoms with Gasteiger partial charge in [0.15, 0.2) is 0 Å². The third-order valence-electron chi connectivity index (χ3n) is 4.93. The third-order valence-corrected chi connectivity index (χ3v) is 4.93. The molecule has 0 radical (unpaired) electrons. The van der Waals surface area contributed by atoms with Crippen molar-refractivity contribution in [2.45, 2.75) is 53.9 Å². The van der Waals surface area contributed by atoms with Crippen LogP contribution in [0.1, 0.15) is 53.9 Å². The number of ether oxygens (including phenoxy) is 2. The van der Waals surface area contributed by atoms with Gasteiger partial charge in [0.25, 0.3) is 0 Å². The standard InChI is InChI=1S/C23H32O4/c1-16(11-13-20-17(2)9-8-14-23(20,4)5)10-12-19(22(25)27-7)18(3)15-21(24)26-6/h10-13,15H,8-9,14H2,1-7H3/b13-11+,16-10+,18-15+,19-12-. The number of carbonyl (C=O) groups excluding carboxylic acids is 2. The summed E-state index contributed by atoms with van der Waals surface area (Å²) in [5, 5.41) is 0. The molecule has 0 bridgehead atoms. The van der Waals surface area contributed by atoms with Crippen molar-refractivity contribution in [1.29, 1.82) is 0 Å². The lowest BCUT2D eigenvalue weighted by molar-refractivity contribution is -0.135. The van der Waals surface area contributed by atoms with Crippen molar-refractivity contribution in [3.05, 3.63) is 58.2 Å². The molecule has 0 saturated carbocycles. The molecule has 0 saturated heterocycles. The molecule has 0 N–H and O–H groups in total. The van der Waals surface area contributed by atoms with Gasteiger partial charge >= 0.3 is 11.9 Å². The number of allylic oxidation sites excluding steroid dienone is 7. The van der Waals surface area contributed by atoms with Gasteiger partial charge in [0.05, 0.1) is 19.8 Å². The van der Waals surface area contributed by atoms with Crippen LogP contribution in [-0.4, -0.2) is 26.2 Å². The number of esters is 2. The van der Waals surface area contributed by atoms with Crippen molar-refractivity contribution in [2.75, 3.05) is 14.2 Å². The van der Waals surface area contributed by atoms with Gasteiger partial charge in [0, 0.05) is 6.08 Å². The summed E-state index contributed by atoms with van der Waals surface area (Å²) < 4.78 is 9.44. The molecule has 1 rings (SSSR count). The highest BCUT2D eigenvalue weighted by Crippen LogP contribution is 2.40. The minimum Gasteiger partial charge on any atom is -0.466 e. The fourth-order valence-corrected chi connectivity index (χ4v) is 3.28. The first-order valence-electron chi connectivity index (χ1n) is 9.24. The zero-order valence-corrected chi connectivity index (χ0v) is 17.6. The fraction of sp³-hybridized carbons (Fsp3) is 0.478. The highest BCUT2D eigenvalue weighted by Gasteiger charge is 2.26. The normalized spacial score (nSPS) is 18.7. The summed E-state index contributed by atoms with van der Waals surface area (Å²) in [6.45, 7) is 10.4. The van der Waals surface area contributed by atoms with E-state index in [2.05, 4.69) is 37.7 Å². The quantitative estimate of drug-likeness (QED) is 0.364. The third kappa shape index (κ3) is 6.70. The topological polar surface area (TPSA) is 52.6 Å². The summed E-state index contributed by atoms with van der Waals surface area (Å²) in [6.07, 6.45) is 12.6. The van der Waals surface area contributed by atoms with Crippen LogP contribution in [0.25, 0.3) is 0 Å². The van der Waals surface area contributed by atoms with Gasteiger partial charge in [-0.05, 0) is 62.7 Å². The first kappa shape index (κ1) is 22.7. The van der Waals surface area contributed by atoms with Gasteiger partial charge in [-0.2, -0.15) is 0 Å². The molecule has 0 aromatic carbocycles. The average Bonchev–Trinajstić information content (AvgIpc) is 2.60. The van der Waals surface area contributed by atoms with E-state index in [0.717, 1.165) is 12.0 Å². The average molecular weight is 373 g/mol. The minimum atomic E-state index is -0.509. The Morgan fingerprint density at radius 3 is 2.30 bits per heavy atom. The Morgan fingerprint density at radius 1 is 1.07 bits per heavy atom. The first-order valence-corrected chi connectivity index (χ1v) is 9.24. The van der Waals surface area contributed by atoms with E-state index in [0.29, 0.717) is 11.1 Å². The lowest BCUT2D eigenvalue weighted by Crippen LogP contribution is -2.19. The lowest BCUT2D eigenvalue weighted by atomic mass is 9.72. The van der Waals surface area contributed by atoms with Crippen LogP contribution < -0.4 is 0 Å². The van der Waals surface area contributed by atoms with Crippen LogP contribution in [0, 0.1) is 5.41 Å². The largest absolute Gasteiger partial charge is 0.466 e. The SMILES string of the molecule is COC(=O)/C=C(C)/C(=C/C=C(C)/C=C/C1=C(C)CCCC1(C)C)C(=O)OC. The maximum atomic E-state index is 12.0. The summed E-state index contributed by atoms with van der Waals surface area (Å²) in [4.78, 5) is 23.5. The summed E-state index contributed by atoms with van der Waals surface area (Å²) in [5.41, 5.74) is 4.84. The Morgan fingerprint density at radius 2 is 1.74 bits per heavy atom. The van der Waals surface area contributed by atoms with Crippen LogP contribution in [0.3, 0.4) is 0 Å². The maximum Gasteiger partial charge on any atom is 0.338 e. The molecule has 0 unspecified atom stereocenters. The number of carbonyl (C=O) groups is 2. The van der Waals surface area contributed by atoms with E-state index in [4.69, 9.17) is 4.74 Å². The summed E-state index contributed by atoms with van der Waals surface area (Å²) >= 11 is 0. The van der Waals surface area contributed by atoms with E-state index in [-0.39, 0.29) is 5.41 Å². The summed E-state index contributed by atoms with van der Waals surface area (Å²) in [5.74, 6) is -1.00. The van der Waals surface area contributed by atoms with Gasteiger partial charge in [-0.3, -0.25) is 0 Å². The Kier molecular flexibility index (Phi) is 8.48. The van der Waals surface area contributed by atoms with Crippen LogP contribution in [-0.2, 0) is 19.1 Å². The molecule has 0 atom stereocenters. The molecular formula is C23H32O4. The fourth-order valence-electron chi connectivity index (χ4n) is 3.28. The van der Waals surface area contributed by atoms with Gasteiger partial charge in [-0.25, -0.2) is 9.59 Å². The van der Waals surface area contributed by atoms with Gasteiger partial charge in [0.1, 0.15) is 0 Å². The molecule has 0 aliphatic heterocycles. The van der Waals surface area contributed by atoms with Crippen molar-refractivity contribution in [1.82, 2.24) is 0 Å². The molecular weight excluding hydrogens is 340 g/mol. The second kappa shape index (κ2) is 10.1. The van der Waals surface area contributed by atoms with E-state index in [9.17, 15) is 9.59 Å². The smallest absolute Gasteiger partial charge is 0.338 e. The van der Waals surface area contributed by atoms with Gasteiger partial charge in [0.2, 0.25) is 0 Å². The van der Waals surface area contributed by atoms with Crippen molar-refractivity contribution in [3.8, 4) is 0 Å². The molecule has 1 aliphatic rings.